The Kier molecular flexibility index (Phi) is 6.91. The first kappa shape index (κ1) is 19.2. The smallest absolute Gasteiger partial charge is 0.224 e. The van der Waals surface area contributed by atoms with Gasteiger partial charge in [0.15, 0.2) is 5.78 Å². The van der Waals surface area contributed by atoms with Crippen molar-refractivity contribution in [3.63, 3.8) is 0 Å². The lowest BCUT2D eigenvalue weighted by molar-refractivity contribution is -0.116. The van der Waals surface area contributed by atoms with Gasteiger partial charge < -0.3 is 15.4 Å². The summed E-state index contributed by atoms with van der Waals surface area (Å²) in [6.07, 6.45) is 1.00. The van der Waals surface area contributed by atoms with Gasteiger partial charge in [-0.25, -0.2) is 0 Å². The van der Waals surface area contributed by atoms with Gasteiger partial charge in [0.2, 0.25) is 11.8 Å². The molecule has 2 N–H and O–H groups in total. The lowest BCUT2D eigenvalue weighted by atomic mass is 10.1. The van der Waals surface area contributed by atoms with Gasteiger partial charge in [0.25, 0.3) is 0 Å². The van der Waals surface area contributed by atoms with E-state index in [2.05, 4.69) is 10.6 Å². The van der Waals surface area contributed by atoms with Crippen molar-refractivity contribution in [2.24, 2.45) is 0 Å². The SMILES string of the molecule is COc1ccc(C(=O)CCCC(=O)Nc2cccc(NC(C)=O)c2)cc1. The summed E-state index contributed by atoms with van der Waals surface area (Å²) in [5.41, 5.74) is 1.82. The summed E-state index contributed by atoms with van der Waals surface area (Å²) in [5.74, 6) is 0.341. The number of methoxy groups -OCH3 is 1. The van der Waals surface area contributed by atoms with Crippen LogP contribution in [-0.4, -0.2) is 24.7 Å². The lowest BCUT2D eigenvalue weighted by Crippen LogP contribution is -2.12. The Balaban J connectivity index is 1.79. The Morgan fingerprint density at radius 2 is 1.58 bits per heavy atom. The maximum Gasteiger partial charge on any atom is 0.224 e. The van der Waals surface area contributed by atoms with Crippen molar-refractivity contribution in [1.82, 2.24) is 0 Å². The lowest BCUT2D eigenvalue weighted by Gasteiger charge is -2.08. The van der Waals surface area contributed by atoms with Crippen molar-refractivity contribution in [3.8, 4) is 5.75 Å². The van der Waals surface area contributed by atoms with E-state index in [-0.39, 0.29) is 24.0 Å². The molecule has 2 amide bonds. The predicted octanol–water partition coefficient (Wildman–Crippen LogP) is 3.65. The molecule has 0 aliphatic rings. The van der Waals surface area contributed by atoms with E-state index in [0.29, 0.717) is 35.5 Å². The third-order valence-corrected chi connectivity index (χ3v) is 3.69. The van der Waals surface area contributed by atoms with Crippen LogP contribution in [0.1, 0.15) is 36.5 Å². The molecule has 0 saturated heterocycles. The zero-order valence-corrected chi connectivity index (χ0v) is 14.9. The van der Waals surface area contributed by atoms with E-state index < -0.39 is 0 Å². The highest BCUT2D eigenvalue weighted by molar-refractivity contribution is 5.97. The molecule has 136 valence electrons. The highest BCUT2D eigenvalue weighted by Gasteiger charge is 2.09. The minimum absolute atomic E-state index is 0.00638. The number of nitrogens with one attached hydrogen (secondary N) is 2. The highest BCUT2D eigenvalue weighted by atomic mass is 16.5. The maximum atomic E-state index is 12.1. The summed E-state index contributed by atoms with van der Waals surface area (Å²) in [7, 11) is 1.57. The highest BCUT2D eigenvalue weighted by Crippen LogP contribution is 2.16. The first-order chi connectivity index (χ1) is 12.5. The molecule has 2 aromatic rings. The second kappa shape index (κ2) is 9.36. The van der Waals surface area contributed by atoms with Gasteiger partial charge in [-0.1, -0.05) is 6.07 Å². The van der Waals surface area contributed by atoms with Crippen LogP contribution in [0.25, 0.3) is 0 Å². The first-order valence-corrected chi connectivity index (χ1v) is 8.32. The van der Waals surface area contributed by atoms with Crippen molar-refractivity contribution in [3.05, 3.63) is 54.1 Å². The summed E-state index contributed by atoms with van der Waals surface area (Å²) in [6, 6.07) is 13.8. The van der Waals surface area contributed by atoms with Crippen LogP contribution in [0.4, 0.5) is 11.4 Å². The predicted molar refractivity (Wildman–Crippen MR) is 101 cm³/mol. The summed E-state index contributed by atoms with van der Waals surface area (Å²) >= 11 is 0. The molecule has 0 atom stereocenters. The maximum absolute atomic E-state index is 12.1. The largest absolute Gasteiger partial charge is 0.497 e. The van der Waals surface area contributed by atoms with Crippen LogP contribution in [0.3, 0.4) is 0 Å². The van der Waals surface area contributed by atoms with Gasteiger partial charge in [-0.05, 0) is 48.9 Å². The van der Waals surface area contributed by atoms with Gasteiger partial charge in [-0.15, -0.1) is 0 Å². The third-order valence-electron chi connectivity index (χ3n) is 3.69. The average Bonchev–Trinajstić information content (AvgIpc) is 2.61. The number of ether oxygens (including phenoxy) is 1. The topological polar surface area (TPSA) is 84.5 Å². The molecule has 0 unspecified atom stereocenters. The van der Waals surface area contributed by atoms with Gasteiger partial charge in [0.05, 0.1) is 7.11 Å². The van der Waals surface area contributed by atoms with E-state index in [0.717, 1.165) is 0 Å². The molecule has 2 rings (SSSR count). The van der Waals surface area contributed by atoms with Gasteiger partial charge in [0.1, 0.15) is 5.75 Å². The second-order valence-corrected chi connectivity index (χ2v) is 5.82. The van der Waals surface area contributed by atoms with Crippen molar-refractivity contribution in [2.75, 3.05) is 17.7 Å². The third kappa shape index (κ3) is 6.05. The van der Waals surface area contributed by atoms with Crippen LogP contribution >= 0.6 is 0 Å². The molecule has 0 radical (unpaired) electrons. The number of anilines is 2. The normalized spacial score (nSPS) is 10.1. The van der Waals surface area contributed by atoms with Gasteiger partial charge in [-0.3, -0.25) is 14.4 Å². The molecule has 6 nitrogen and oxygen atoms in total. The van der Waals surface area contributed by atoms with Crippen LogP contribution < -0.4 is 15.4 Å². The van der Waals surface area contributed by atoms with Crippen molar-refractivity contribution in [2.45, 2.75) is 26.2 Å². The number of ketones is 1. The molecule has 26 heavy (non-hydrogen) atoms. The fraction of sp³-hybridized carbons (Fsp3) is 0.250. The number of Topliss-reactive ketones (excluding diaryl/α,β-unsaturated/α-hetero) is 1. The molecule has 2 aromatic carbocycles. The molecule has 6 heteroatoms. The molecular formula is C20H22N2O4. The second-order valence-electron chi connectivity index (χ2n) is 5.82. The summed E-state index contributed by atoms with van der Waals surface area (Å²) in [6.45, 7) is 1.42. The van der Waals surface area contributed by atoms with Gasteiger partial charge in [0, 0.05) is 36.7 Å². The Morgan fingerprint density at radius 3 is 2.19 bits per heavy atom. The quantitative estimate of drug-likeness (QED) is 0.709. The number of carbonyl (C=O) groups is 3. The average molecular weight is 354 g/mol. The van der Waals surface area contributed by atoms with Gasteiger partial charge >= 0.3 is 0 Å². The minimum Gasteiger partial charge on any atom is -0.497 e. The number of hydrogen-bond acceptors (Lipinski definition) is 4. The van der Waals surface area contributed by atoms with Crippen LogP contribution in [-0.2, 0) is 9.59 Å². The molecule has 0 aliphatic heterocycles. The zero-order valence-electron chi connectivity index (χ0n) is 14.9. The van der Waals surface area contributed by atoms with Crippen molar-refractivity contribution >= 4 is 29.0 Å². The van der Waals surface area contributed by atoms with Crippen molar-refractivity contribution < 1.29 is 19.1 Å². The van der Waals surface area contributed by atoms with Crippen molar-refractivity contribution in [1.29, 1.82) is 0 Å². The molecule has 0 aromatic heterocycles. The van der Waals surface area contributed by atoms with Crippen LogP contribution in [0.2, 0.25) is 0 Å². The zero-order chi connectivity index (χ0) is 18.9. The Labute approximate surface area is 152 Å². The van der Waals surface area contributed by atoms with E-state index in [9.17, 15) is 14.4 Å². The van der Waals surface area contributed by atoms with Gasteiger partial charge in [-0.2, -0.15) is 0 Å². The number of rotatable bonds is 8. The van der Waals surface area contributed by atoms with E-state index in [1.807, 2.05) is 0 Å². The standard InChI is InChI=1S/C20H22N2O4/c1-14(23)21-16-5-3-6-17(13-16)22-20(25)8-4-7-19(24)15-9-11-18(26-2)12-10-15/h3,5-6,9-13H,4,7-8H2,1-2H3,(H,21,23)(H,22,25). The molecule has 0 aliphatic carbocycles. The van der Waals surface area contributed by atoms with Crippen LogP contribution in [0.15, 0.2) is 48.5 Å². The fourth-order valence-corrected chi connectivity index (χ4v) is 2.43. The van der Waals surface area contributed by atoms with E-state index in [4.69, 9.17) is 4.74 Å². The number of amides is 2. The molecule has 0 saturated carbocycles. The minimum atomic E-state index is -0.175. The van der Waals surface area contributed by atoms with E-state index in [1.54, 1.807) is 55.6 Å². The Morgan fingerprint density at radius 1 is 0.923 bits per heavy atom. The summed E-state index contributed by atoms with van der Waals surface area (Å²) in [5, 5.41) is 5.43. The van der Waals surface area contributed by atoms with E-state index >= 15 is 0 Å². The molecular weight excluding hydrogens is 332 g/mol. The molecule has 0 fully saturated rings. The summed E-state index contributed by atoms with van der Waals surface area (Å²) < 4.78 is 5.06. The monoisotopic (exact) mass is 354 g/mol. The Bertz CT molecular complexity index is 785. The molecule has 0 bridgehead atoms. The number of hydrogen-bond donors (Lipinski definition) is 2. The van der Waals surface area contributed by atoms with E-state index in [1.165, 1.54) is 6.92 Å². The fourth-order valence-electron chi connectivity index (χ4n) is 2.43. The number of carbonyl (C=O) groups excluding carboxylic acids is 3. The van der Waals surface area contributed by atoms with Crippen LogP contribution in [0.5, 0.6) is 5.75 Å². The number of benzene rings is 2. The Hall–Kier alpha value is -3.15. The molecule has 0 heterocycles. The summed E-state index contributed by atoms with van der Waals surface area (Å²) in [4.78, 5) is 35.2. The van der Waals surface area contributed by atoms with Crippen LogP contribution in [0, 0.1) is 0 Å². The molecule has 0 spiro atoms. The first-order valence-electron chi connectivity index (χ1n) is 8.32.